The Morgan fingerprint density at radius 3 is 2.75 bits per heavy atom. The number of hydrogen-bond donors (Lipinski definition) is 2. The smallest absolute Gasteiger partial charge is 0.154 e. The van der Waals surface area contributed by atoms with Crippen molar-refractivity contribution in [2.75, 3.05) is 25.5 Å². The van der Waals surface area contributed by atoms with Crippen LogP contribution in [-0.2, 0) is 6.42 Å². The van der Waals surface area contributed by atoms with E-state index in [0.717, 1.165) is 42.0 Å². The van der Waals surface area contributed by atoms with Gasteiger partial charge >= 0.3 is 0 Å². The van der Waals surface area contributed by atoms with Gasteiger partial charge < -0.3 is 15.3 Å². The van der Waals surface area contributed by atoms with E-state index in [0.29, 0.717) is 6.04 Å². The van der Waals surface area contributed by atoms with Crippen LogP contribution < -0.4 is 10.2 Å². The minimum Gasteiger partial charge on any atom is -0.508 e. The first kappa shape index (κ1) is 16.7. The van der Waals surface area contributed by atoms with Crippen LogP contribution in [0.4, 0.5) is 5.82 Å². The van der Waals surface area contributed by atoms with Crippen molar-refractivity contribution in [3.63, 3.8) is 0 Å². The van der Waals surface area contributed by atoms with Crippen LogP contribution in [0.3, 0.4) is 0 Å². The van der Waals surface area contributed by atoms with E-state index in [1.807, 2.05) is 25.1 Å². The molecule has 2 aromatic rings. The molecule has 1 saturated heterocycles. The van der Waals surface area contributed by atoms with E-state index in [4.69, 9.17) is 0 Å². The predicted octanol–water partition coefficient (Wildman–Crippen LogP) is 2.99. The number of nitrogens with one attached hydrogen (secondary N) is 1. The lowest BCUT2D eigenvalue weighted by Gasteiger charge is -2.23. The van der Waals surface area contributed by atoms with Gasteiger partial charge in [-0.3, -0.25) is 4.98 Å². The molecule has 0 aliphatic carbocycles. The number of nitrogens with zero attached hydrogens (tertiary/aromatic N) is 3. The van der Waals surface area contributed by atoms with Crippen LogP contribution in [0.25, 0.3) is 11.3 Å². The molecule has 0 saturated carbocycles. The van der Waals surface area contributed by atoms with E-state index in [9.17, 15) is 5.11 Å². The van der Waals surface area contributed by atoms with E-state index in [2.05, 4.69) is 21.4 Å². The summed E-state index contributed by atoms with van der Waals surface area (Å²) in [4.78, 5) is 10.8. The van der Waals surface area contributed by atoms with Crippen LogP contribution in [0.2, 0.25) is 0 Å². The topological polar surface area (TPSA) is 61.3 Å². The molecule has 0 unspecified atom stereocenters. The second-order valence-electron chi connectivity index (χ2n) is 6.70. The number of benzene rings is 1. The van der Waals surface area contributed by atoms with Crippen molar-refractivity contribution in [2.45, 2.75) is 38.1 Å². The number of aromatic hydroxyl groups is 1. The number of piperidine rings is 1. The molecular formula is C19H26N4O. The minimum atomic E-state index is 0.287. The van der Waals surface area contributed by atoms with Gasteiger partial charge in [-0.05, 0) is 56.0 Å². The lowest BCUT2D eigenvalue weighted by molar-refractivity contribution is 0.382. The van der Waals surface area contributed by atoms with Crippen molar-refractivity contribution in [1.82, 2.24) is 15.3 Å². The molecule has 1 aromatic carbocycles. The molecule has 2 N–H and O–H groups in total. The van der Waals surface area contributed by atoms with Crippen LogP contribution in [0.1, 0.15) is 31.2 Å². The zero-order valence-electron chi connectivity index (χ0n) is 14.5. The van der Waals surface area contributed by atoms with Gasteiger partial charge in [-0.25, -0.2) is 4.98 Å². The monoisotopic (exact) mass is 326 g/mol. The molecule has 2 heterocycles. The Labute approximate surface area is 143 Å². The summed E-state index contributed by atoms with van der Waals surface area (Å²) in [7, 11) is 3.90. The molecule has 5 nitrogen and oxygen atoms in total. The average molecular weight is 326 g/mol. The number of hydrogen-bond acceptors (Lipinski definition) is 5. The fourth-order valence-electron chi connectivity index (χ4n) is 3.33. The van der Waals surface area contributed by atoms with Gasteiger partial charge in [0.1, 0.15) is 11.4 Å². The molecule has 0 radical (unpaired) electrons. The summed E-state index contributed by atoms with van der Waals surface area (Å²) in [6, 6.07) is 6.34. The molecule has 0 amide bonds. The Balaban J connectivity index is 1.81. The maximum Gasteiger partial charge on any atom is 0.154 e. The van der Waals surface area contributed by atoms with Gasteiger partial charge in [-0.15, -0.1) is 0 Å². The molecule has 5 heteroatoms. The fourth-order valence-corrected chi connectivity index (χ4v) is 3.33. The highest BCUT2D eigenvalue weighted by Gasteiger charge is 2.14. The van der Waals surface area contributed by atoms with E-state index < -0.39 is 0 Å². The van der Waals surface area contributed by atoms with Crippen molar-refractivity contribution in [2.24, 2.45) is 0 Å². The largest absolute Gasteiger partial charge is 0.508 e. The third-order valence-electron chi connectivity index (χ3n) is 4.55. The van der Waals surface area contributed by atoms with Crippen molar-refractivity contribution in [3.05, 3.63) is 36.2 Å². The molecule has 3 rings (SSSR count). The second-order valence-corrected chi connectivity index (χ2v) is 6.70. The van der Waals surface area contributed by atoms with Gasteiger partial charge in [-0.1, -0.05) is 6.42 Å². The maximum absolute atomic E-state index is 10.1. The zero-order valence-corrected chi connectivity index (χ0v) is 14.5. The maximum atomic E-state index is 10.1. The highest BCUT2D eigenvalue weighted by atomic mass is 16.3. The van der Waals surface area contributed by atoms with Gasteiger partial charge in [0, 0.05) is 38.1 Å². The quantitative estimate of drug-likeness (QED) is 0.884. The Bertz CT molecular complexity index is 681. The molecule has 0 bridgehead atoms. The summed E-state index contributed by atoms with van der Waals surface area (Å²) in [6.07, 6.45) is 9.29. The van der Waals surface area contributed by atoms with Gasteiger partial charge in [-0.2, -0.15) is 0 Å². The average Bonchev–Trinajstić information content (AvgIpc) is 2.60. The van der Waals surface area contributed by atoms with Crippen molar-refractivity contribution in [1.29, 1.82) is 0 Å². The zero-order chi connectivity index (χ0) is 16.9. The number of aromatic nitrogens is 2. The summed E-state index contributed by atoms with van der Waals surface area (Å²) < 4.78 is 0. The Hall–Kier alpha value is -2.14. The van der Waals surface area contributed by atoms with E-state index >= 15 is 0 Å². The molecule has 24 heavy (non-hydrogen) atoms. The molecule has 1 aromatic heterocycles. The lowest BCUT2D eigenvalue weighted by Crippen LogP contribution is -2.34. The van der Waals surface area contributed by atoms with Gasteiger partial charge in [0.15, 0.2) is 5.82 Å². The molecule has 1 aliphatic heterocycles. The normalized spacial score (nSPS) is 17.7. The van der Waals surface area contributed by atoms with E-state index in [1.54, 1.807) is 18.5 Å². The number of phenolic OH excluding ortho intramolecular Hbond substituents is 1. The molecule has 128 valence electrons. The first-order chi connectivity index (χ1) is 11.6. The minimum absolute atomic E-state index is 0.287. The van der Waals surface area contributed by atoms with Crippen LogP contribution >= 0.6 is 0 Å². The summed E-state index contributed by atoms with van der Waals surface area (Å²) in [6.45, 7) is 1.13. The molecule has 0 spiro atoms. The summed E-state index contributed by atoms with van der Waals surface area (Å²) in [5.41, 5.74) is 2.86. The third-order valence-corrected chi connectivity index (χ3v) is 4.55. The number of rotatable bonds is 5. The van der Waals surface area contributed by atoms with Gasteiger partial charge in [0.25, 0.3) is 0 Å². The molecule has 1 atom stereocenters. The fraction of sp³-hybridized carbons (Fsp3) is 0.474. The van der Waals surface area contributed by atoms with Gasteiger partial charge in [0.05, 0.1) is 0 Å². The first-order valence-electron chi connectivity index (χ1n) is 8.68. The highest BCUT2D eigenvalue weighted by Crippen LogP contribution is 2.30. The van der Waals surface area contributed by atoms with Crippen molar-refractivity contribution < 1.29 is 5.11 Å². The van der Waals surface area contributed by atoms with E-state index in [-0.39, 0.29) is 5.75 Å². The number of phenols is 1. The second kappa shape index (κ2) is 7.62. The SMILES string of the molecule is CN(C)c1nccnc1-c1cc(O)cc(CC[C@H]2CCCCN2)c1. The summed E-state index contributed by atoms with van der Waals surface area (Å²) in [5.74, 6) is 1.09. The van der Waals surface area contributed by atoms with Crippen LogP contribution in [-0.4, -0.2) is 41.8 Å². The van der Waals surface area contributed by atoms with Crippen LogP contribution in [0.15, 0.2) is 30.6 Å². The van der Waals surface area contributed by atoms with Crippen LogP contribution in [0, 0.1) is 0 Å². The first-order valence-corrected chi connectivity index (χ1v) is 8.68. The lowest BCUT2D eigenvalue weighted by atomic mass is 9.96. The number of aryl methyl sites for hydroxylation is 1. The predicted molar refractivity (Wildman–Crippen MR) is 97.4 cm³/mol. The Morgan fingerprint density at radius 2 is 2.00 bits per heavy atom. The molecule has 1 fully saturated rings. The Morgan fingerprint density at radius 1 is 1.17 bits per heavy atom. The van der Waals surface area contributed by atoms with Crippen LogP contribution in [0.5, 0.6) is 5.75 Å². The van der Waals surface area contributed by atoms with Gasteiger partial charge in [0.2, 0.25) is 0 Å². The third kappa shape index (κ3) is 4.03. The molecular weight excluding hydrogens is 300 g/mol. The number of anilines is 1. The van der Waals surface area contributed by atoms with Crippen molar-refractivity contribution in [3.8, 4) is 17.0 Å². The van der Waals surface area contributed by atoms with E-state index in [1.165, 1.54) is 19.3 Å². The summed E-state index contributed by atoms with van der Waals surface area (Å²) in [5, 5.41) is 13.7. The molecule has 1 aliphatic rings. The highest BCUT2D eigenvalue weighted by molar-refractivity contribution is 5.73. The standard InChI is InChI=1S/C19H26N4O/c1-23(2)19-18(21-9-10-22-19)15-11-14(12-17(24)13-15)6-7-16-5-3-4-8-20-16/h9-13,16,20,24H,3-8H2,1-2H3/t16-/m1/s1. The summed E-state index contributed by atoms with van der Waals surface area (Å²) >= 11 is 0. The Kier molecular flexibility index (Phi) is 5.30. The van der Waals surface area contributed by atoms with Crippen molar-refractivity contribution >= 4 is 5.82 Å².